The summed E-state index contributed by atoms with van der Waals surface area (Å²) in [5.74, 6) is 0.0655. The molecule has 2 heterocycles. The largest absolute Gasteiger partial charge is 0.480 e. The van der Waals surface area contributed by atoms with Gasteiger partial charge in [-0.2, -0.15) is 0 Å². The first-order valence-electron chi connectivity index (χ1n) is 7.03. The maximum atomic E-state index is 11.5. The van der Waals surface area contributed by atoms with Crippen molar-refractivity contribution in [2.75, 3.05) is 6.54 Å². The molecule has 0 fully saturated rings. The predicted octanol–water partition coefficient (Wildman–Crippen LogP) is 3.02. The number of nitrogens with one attached hydrogen (secondary N) is 1. The second-order valence-corrected chi connectivity index (χ2v) is 6.30. The average Bonchev–Trinajstić information content (AvgIpc) is 3.09. The number of rotatable bonds is 7. The van der Waals surface area contributed by atoms with E-state index in [1.165, 1.54) is 0 Å². The van der Waals surface area contributed by atoms with Crippen molar-refractivity contribution in [3.63, 3.8) is 0 Å². The molecule has 21 heavy (non-hydrogen) atoms. The Morgan fingerprint density at radius 2 is 2.38 bits per heavy atom. The fourth-order valence-corrected chi connectivity index (χ4v) is 3.30. The molecule has 0 aliphatic rings. The molecule has 6 heteroatoms. The highest BCUT2D eigenvalue weighted by atomic mass is 32.1. The lowest BCUT2D eigenvalue weighted by Gasteiger charge is -2.29. The van der Waals surface area contributed by atoms with E-state index < -0.39 is 11.5 Å². The molecule has 0 saturated carbocycles. The van der Waals surface area contributed by atoms with E-state index in [0.29, 0.717) is 13.0 Å². The average molecular weight is 307 g/mol. The number of likely N-dealkylation sites (N-methyl/N-ethyl adjacent to an activating group) is 1. The molecule has 0 radical (unpaired) electrons. The second kappa shape index (κ2) is 6.41. The molecule has 0 bridgehead atoms. The maximum absolute atomic E-state index is 11.5. The molecule has 0 aliphatic carbocycles. The number of thiophene rings is 1. The normalized spacial score (nSPS) is 15.6. The molecule has 114 valence electrons. The van der Waals surface area contributed by atoms with Gasteiger partial charge < -0.3 is 15.0 Å². The third-order valence-electron chi connectivity index (χ3n) is 3.63. The zero-order valence-corrected chi connectivity index (χ0v) is 13.4. The Balaban J connectivity index is 2.23. The smallest absolute Gasteiger partial charge is 0.323 e. The molecule has 5 nitrogen and oxygen atoms in total. The van der Waals surface area contributed by atoms with Crippen molar-refractivity contribution in [2.24, 2.45) is 0 Å². The minimum Gasteiger partial charge on any atom is -0.480 e. The lowest BCUT2D eigenvalue weighted by Crippen LogP contribution is -2.50. The summed E-state index contributed by atoms with van der Waals surface area (Å²) >= 11 is 1.63. The minimum absolute atomic E-state index is 0.0322. The fraction of sp³-hybridized carbons (Fsp3) is 0.467. The van der Waals surface area contributed by atoms with Crippen LogP contribution in [0.15, 0.2) is 29.9 Å². The SMILES string of the molecule is CCNC(C)(CC(C)n1ccnc1-c1cccs1)C(=O)O. The van der Waals surface area contributed by atoms with Crippen LogP contribution in [-0.4, -0.2) is 32.7 Å². The number of nitrogens with zero attached hydrogens (tertiary/aromatic N) is 2. The van der Waals surface area contributed by atoms with E-state index in [1.807, 2.05) is 42.1 Å². The van der Waals surface area contributed by atoms with Crippen LogP contribution >= 0.6 is 11.3 Å². The molecular weight excluding hydrogens is 286 g/mol. The molecule has 0 spiro atoms. The molecule has 0 aliphatic heterocycles. The summed E-state index contributed by atoms with van der Waals surface area (Å²) in [5, 5.41) is 14.6. The van der Waals surface area contributed by atoms with Crippen molar-refractivity contribution in [1.82, 2.24) is 14.9 Å². The Morgan fingerprint density at radius 3 is 2.95 bits per heavy atom. The Labute approximate surface area is 128 Å². The molecule has 2 unspecified atom stereocenters. The van der Waals surface area contributed by atoms with E-state index in [0.717, 1.165) is 10.7 Å². The first-order chi connectivity index (χ1) is 9.98. The standard InChI is InChI=1S/C15H21N3O2S/c1-4-17-15(3,14(19)20)10-11(2)18-8-7-16-13(18)12-6-5-9-21-12/h5-9,11,17H,4,10H2,1-3H3,(H,19,20). The summed E-state index contributed by atoms with van der Waals surface area (Å²) in [6, 6.07) is 4.05. The van der Waals surface area contributed by atoms with Crippen LogP contribution in [0.2, 0.25) is 0 Å². The molecular formula is C15H21N3O2S. The molecule has 2 N–H and O–H groups in total. The van der Waals surface area contributed by atoms with Gasteiger partial charge in [0.25, 0.3) is 0 Å². The van der Waals surface area contributed by atoms with Crippen LogP contribution in [0.5, 0.6) is 0 Å². The van der Waals surface area contributed by atoms with Crippen LogP contribution in [-0.2, 0) is 4.79 Å². The second-order valence-electron chi connectivity index (χ2n) is 5.36. The van der Waals surface area contributed by atoms with Crippen LogP contribution in [0.3, 0.4) is 0 Å². The summed E-state index contributed by atoms with van der Waals surface area (Å²) in [5.41, 5.74) is -0.939. The van der Waals surface area contributed by atoms with E-state index in [2.05, 4.69) is 10.3 Å². The Morgan fingerprint density at radius 1 is 1.62 bits per heavy atom. The van der Waals surface area contributed by atoms with Crippen molar-refractivity contribution in [1.29, 1.82) is 0 Å². The molecule has 2 atom stereocenters. The van der Waals surface area contributed by atoms with E-state index in [4.69, 9.17) is 0 Å². The summed E-state index contributed by atoms with van der Waals surface area (Å²) in [7, 11) is 0. The number of carboxylic acids is 1. The zero-order chi connectivity index (χ0) is 15.5. The Kier molecular flexibility index (Phi) is 4.80. The molecule has 2 aromatic heterocycles. The lowest BCUT2D eigenvalue weighted by molar-refractivity contribution is -0.144. The zero-order valence-electron chi connectivity index (χ0n) is 12.5. The first kappa shape index (κ1) is 15.7. The lowest BCUT2D eigenvalue weighted by atomic mass is 9.93. The van der Waals surface area contributed by atoms with Gasteiger partial charge in [0, 0.05) is 18.4 Å². The number of imidazole rings is 1. The monoisotopic (exact) mass is 307 g/mol. The van der Waals surface area contributed by atoms with Crippen molar-refractivity contribution >= 4 is 17.3 Å². The molecule has 0 saturated heterocycles. The van der Waals surface area contributed by atoms with Gasteiger partial charge in [0.1, 0.15) is 11.4 Å². The highest BCUT2D eigenvalue weighted by Gasteiger charge is 2.34. The summed E-state index contributed by atoms with van der Waals surface area (Å²) in [6.45, 7) is 6.30. The number of aliphatic carboxylic acids is 1. The van der Waals surface area contributed by atoms with Crippen LogP contribution in [0.25, 0.3) is 10.7 Å². The van der Waals surface area contributed by atoms with Crippen molar-refractivity contribution in [2.45, 2.75) is 38.8 Å². The maximum Gasteiger partial charge on any atom is 0.323 e. The van der Waals surface area contributed by atoms with Crippen LogP contribution < -0.4 is 5.32 Å². The van der Waals surface area contributed by atoms with Gasteiger partial charge in [-0.25, -0.2) is 4.98 Å². The number of carboxylic acid groups (broad SMARTS) is 1. The van der Waals surface area contributed by atoms with Gasteiger partial charge in [0.2, 0.25) is 0 Å². The molecule has 2 rings (SSSR count). The van der Waals surface area contributed by atoms with Gasteiger partial charge in [0.15, 0.2) is 0 Å². The predicted molar refractivity (Wildman–Crippen MR) is 84.6 cm³/mol. The molecule has 0 amide bonds. The van der Waals surface area contributed by atoms with Crippen molar-refractivity contribution < 1.29 is 9.90 Å². The van der Waals surface area contributed by atoms with Gasteiger partial charge in [-0.3, -0.25) is 4.79 Å². The topological polar surface area (TPSA) is 67.2 Å². The third kappa shape index (κ3) is 3.33. The number of aromatic nitrogens is 2. The Bertz CT molecular complexity index is 594. The van der Waals surface area contributed by atoms with Crippen molar-refractivity contribution in [3.05, 3.63) is 29.9 Å². The van der Waals surface area contributed by atoms with Gasteiger partial charge in [0.05, 0.1) is 4.88 Å². The third-order valence-corrected chi connectivity index (χ3v) is 4.49. The minimum atomic E-state index is -0.939. The quantitative estimate of drug-likeness (QED) is 0.825. The number of hydrogen-bond donors (Lipinski definition) is 2. The van der Waals surface area contributed by atoms with Gasteiger partial charge in [-0.15, -0.1) is 11.3 Å². The first-order valence-corrected chi connectivity index (χ1v) is 7.91. The van der Waals surface area contributed by atoms with E-state index in [9.17, 15) is 9.90 Å². The summed E-state index contributed by atoms with van der Waals surface area (Å²) in [4.78, 5) is 17.0. The van der Waals surface area contributed by atoms with E-state index >= 15 is 0 Å². The fourth-order valence-electron chi connectivity index (χ4n) is 2.58. The van der Waals surface area contributed by atoms with E-state index in [1.54, 1.807) is 24.5 Å². The Hall–Kier alpha value is -1.66. The van der Waals surface area contributed by atoms with Crippen LogP contribution in [0.1, 0.15) is 33.2 Å². The highest BCUT2D eigenvalue weighted by Crippen LogP contribution is 2.29. The van der Waals surface area contributed by atoms with Gasteiger partial charge in [-0.05, 0) is 38.3 Å². The van der Waals surface area contributed by atoms with Crippen LogP contribution in [0, 0.1) is 0 Å². The van der Waals surface area contributed by atoms with E-state index in [-0.39, 0.29) is 6.04 Å². The molecule has 2 aromatic rings. The summed E-state index contributed by atoms with van der Waals surface area (Å²) in [6.07, 6.45) is 4.16. The number of carbonyl (C=O) groups is 1. The van der Waals surface area contributed by atoms with Crippen molar-refractivity contribution in [3.8, 4) is 10.7 Å². The number of hydrogen-bond acceptors (Lipinski definition) is 4. The summed E-state index contributed by atoms with van der Waals surface area (Å²) < 4.78 is 2.05. The molecule has 0 aromatic carbocycles. The highest BCUT2D eigenvalue weighted by molar-refractivity contribution is 7.13. The van der Waals surface area contributed by atoms with Crippen LogP contribution in [0.4, 0.5) is 0 Å². The van der Waals surface area contributed by atoms with Gasteiger partial charge >= 0.3 is 5.97 Å². The van der Waals surface area contributed by atoms with Gasteiger partial charge in [-0.1, -0.05) is 13.0 Å².